The quantitative estimate of drug-likeness (QED) is 0.636. The maximum atomic E-state index is 13.1. The molecule has 0 fully saturated rings. The average Bonchev–Trinajstić information content (AvgIpc) is 2.92. The Morgan fingerprint density at radius 1 is 1.08 bits per heavy atom. The summed E-state index contributed by atoms with van der Waals surface area (Å²) >= 11 is 0. The summed E-state index contributed by atoms with van der Waals surface area (Å²) in [6, 6.07) is 9.60. The second kappa shape index (κ2) is 5.63. The minimum absolute atomic E-state index is 0.252. The first-order chi connectivity index (χ1) is 11.8. The molecule has 0 spiro atoms. The standard InChI is InChI=1S/C20H19F3N2/c1-11-8-12(2)17-15-6-7-24-18(19(15)25-16(17)9-11)13-4-3-5-14(10-13)20(21,22)23/h3-5,8-10,18,24-25H,6-7H2,1-2H3. The van der Waals surface area contributed by atoms with Crippen LogP contribution in [-0.4, -0.2) is 11.5 Å². The van der Waals surface area contributed by atoms with Crippen molar-refractivity contribution in [1.29, 1.82) is 0 Å². The van der Waals surface area contributed by atoms with Gasteiger partial charge in [-0.2, -0.15) is 13.2 Å². The van der Waals surface area contributed by atoms with Crippen LogP contribution < -0.4 is 5.32 Å². The summed E-state index contributed by atoms with van der Waals surface area (Å²) < 4.78 is 39.2. The molecule has 5 heteroatoms. The van der Waals surface area contributed by atoms with Crippen LogP contribution in [0.3, 0.4) is 0 Å². The molecule has 1 aliphatic rings. The fourth-order valence-electron chi connectivity index (χ4n) is 3.95. The number of benzene rings is 2. The molecule has 2 N–H and O–H groups in total. The molecule has 4 rings (SSSR count). The Morgan fingerprint density at radius 3 is 2.64 bits per heavy atom. The van der Waals surface area contributed by atoms with E-state index >= 15 is 0 Å². The largest absolute Gasteiger partial charge is 0.416 e. The summed E-state index contributed by atoms with van der Waals surface area (Å²) in [7, 11) is 0. The minimum atomic E-state index is -4.33. The Morgan fingerprint density at radius 2 is 1.88 bits per heavy atom. The zero-order valence-corrected chi connectivity index (χ0v) is 14.1. The lowest BCUT2D eigenvalue weighted by atomic mass is 9.92. The van der Waals surface area contributed by atoms with E-state index in [1.54, 1.807) is 6.07 Å². The Kier molecular flexibility index (Phi) is 3.65. The van der Waals surface area contributed by atoms with Crippen LogP contribution in [0.15, 0.2) is 36.4 Å². The van der Waals surface area contributed by atoms with E-state index in [0.29, 0.717) is 5.56 Å². The molecule has 2 heterocycles. The number of hydrogen-bond acceptors (Lipinski definition) is 1. The molecule has 1 aromatic heterocycles. The highest BCUT2D eigenvalue weighted by Gasteiger charge is 2.32. The lowest BCUT2D eigenvalue weighted by Crippen LogP contribution is -2.30. The van der Waals surface area contributed by atoms with Gasteiger partial charge < -0.3 is 10.3 Å². The van der Waals surface area contributed by atoms with Crippen molar-refractivity contribution in [2.45, 2.75) is 32.5 Å². The molecule has 25 heavy (non-hydrogen) atoms. The summed E-state index contributed by atoms with van der Waals surface area (Å²) in [5.74, 6) is 0. The van der Waals surface area contributed by atoms with Gasteiger partial charge in [-0.1, -0.05) is 18.2 Å². The van der Waals surface area contributed by atoms with Gasteiger partial charge >= 0.3 is 6.18 Å². The van der Waals surface area contributed by atoms with Gasteiger partial charge in [0.1, 0.15) is 0 Å². The maximum Gasteiger partial charge on any atom is 0.416 e. The van der Waals surface area contributed by atoms with Crippen LogP contribution in [0.5, 0.6) is 0 Å². The first kappa shape index (κ1) is 16.2. The minimum Gasteiger partial charge on any atom is -0.357 e. The highest BCUT2D eigenvalue weighted by molar-refractivity contribution is 5.89. The van der Waals surface area contributed by atoms with Crippen molar-refractivity contribution in [3.05, 3.63) is 69.9 Å². The second-order valence-corrected chi connectivity index (χ2v) is 6.78. The number of alkyl halides is 3. The number of rotatable bonds is 1. The molecule has 1 unspecified atom stereocenters. The molecule has 2 aromatic carbocycles. The molecule has 3 aromatic rings. The topological polar surface area (TPSA) is 27.8 Å². The van der Waals surface area contributed by atoms with Crippen molar-refractivity contribution in [2.24, 2.45) is 0 Å². The zero-order valence-electron chi connectivity index (χ0n) is 14.1. The van der Waals surface area contributed by atoms with Crippen LogP contribution in [-0.2, 0) is 12.6 Å². The van der Waals surface area contributed by atoms with Crippen LogP contribution in [0.1, 0.15) is 39.6 Å². The molecule has 0 saturated heterocycles. The van der Waals surface area contributed by atoms with E-state index in [2.05, 4.69) is 36.3 Å². The Bertz CT molecular complexity index is 953. The molecular weight excluding hydrogens is 325 g/mol. The Balaban J connectivity index is 1.87. The van der Waals surface area contributed by atoms with E-state index in [9.17, 15) is 13.2 Å². The highest BCUT2D eigenvalue weighted by Crippen LogP contribution is 2.37. The van der Waals surface area contributed by atoms with Crippen molar-refractivity contribution in [3.63, 3.8) is 0 Å². The number of H-pyrrole nitrogens is 1. The lowest BCUT2D eigenvalue weighted by Gasteiger charge is -2.25. The van der Waals surface area contributed by atoms with Gasteiger partial charge in [0.05, 0.1) is 11.6 Å². The van der Waals surface area contributed by atoms with Gasteiger partial charge in [-0.15, -0.1) is 0 Å². The number of aromatic nitrogens is 1. The number of fused-ring (bicyclic) bond motifs is 3. The predicted molar refractivity (Wildman–Crippen MR) is 92.8 cm³/mol. The lowest BCUT2D eigenvalue weighted by molar-refractivity contribution is -0.137. The van der Waals surface area contributed by atoms with E-state index in [0.717, 1.165) is 30.2 Å². The average molecular weight is 344 g/mol. The smallest absolute Gasteiger partial charge is 0.357 e. The maximum absolute atomic E-state index is 13.1. The van der Waals surface area contributed by atoms with Crippen LogP contribution in [0.25, 0.3) is 10.9 Å². The molecule has 0 saturated carbocycles. The normalized spacial score (nSPS) is 17.7. The van der Waals surface area contributed by atoms with E-state index in [-0.39, 0.29) is 6.04 Å². The molecule has 1 aliphatic heterocycles. The molecule has 0 bridgehead atoms. The van der Waals surface area contributed by atoms with Gasteiger partial charge in [0.15, 0.2) is 0 Å². The van der Waals surface area contributed by atoms with Crippen molar-refractivity contribution in [1.82, 2.24) is 10.3 Å². The summed E-state index contributed by atoms with van der Waals surface area (Å²) in [5.41, 5.74) is 5.66. The highest BCUT2D eigenvalue weighted by atomic mass is 19.4. The van der Waals surface area contributed by atoms with E-state index in [1.165, 1.54) is 34.2 Å². The van der Waals surface area contributed by atoms with Crippen LogP contribution in [0.2, 0.25) is 0 Å². The fraction of sp³-hybridized carbons (Fsp3) is 0.300. The molecule has 2 nitrogen and oxygen atoms in total. The number of halogens is 3. The summed E-state index contributed by atoms with van der Waals surface area (Å²) in [5, 5.41) is 4.57. The van der Waals surface area contributed by atoms with Gasteiger partial charge in [-0.05, 0) is 60.7 Å². The van der Waals surface area contributed by atoms with Gasteiger partial charge in [0.25, 0.3) is 0 Å². The van der Waals surface area contributed by atoms with Crippen LogP contribution in [0, 0.1) is 13.8 Å². The Hall–Kier alpha value is -2.27. The van der Waals surface area contributed by atoms with Crippen molar-refractivity contribution < 1.29 is 13.2 Å². The van der Waals surface area contributed by atoms with Gasteiger partial charge in [-0.25, -0.2) is 0 Å². The van der Waals surface area contributed by atoms with Gasteiger partial charge in [-0.3, -0.25) is 0 Å². The molecule has 1 atom stereocenters. The second-order valence-electron chi connectivity index (χ2n) is 6.78. The third-order valence-corrected chi connectivity index (χ3v) is 4.94. The third-order valence-electron chi connectivity index (χ3n) is 4.94. The predicted octanol–water partition coefficient (Wildman–Crippen LogP) is 5.04. The third kappa shape index (κ3) is 2.72. The number of aryl methyl sites for hydroxylation is 2. The van der Waals surface area contributed by atoms with Gasteiger partial charge in [0, 0.05) is 23.1 Å². The molecule has 0 aliphatic carbocycles. The summed E-state index contributed by atoms with van der Waals surface area (Å²) in [6.07, 6.45) is -3.46. The number of aromatic amines is 1. The first-order valence-corrected chi connectivity index (χ1v) is 8.37. The van der Waals surface area contributed by atoms with Crippen LogP contribution in [0.4, 0.5) is 13.2 Å². The van der Waals surface area contributed by atoms with Crippen molar-refractivity contribution in [2.75, 3.05) is 6.54 Å². The van der Waals surface area contributed by atoms with E-state index in [4.69, 9.17) is 0 Å². The monoisotopic (exact) mass is 344 g/mol. The van der Waals surface area contributed by atoms with Gasteiger partial charge in [0.2, 0.25) is 0 Å². The fourth-order valence-corrected chi connectivity index (χ4v) is 3.95. The first-order valence-electron chi connectivity index (χ1n) is 8.37. The SMILES string of the molecule is Cc1cc(C)c2c3c([nH]c2c1)C(c1cccc(C(F)(F)F)c1)NCC3. The zero-order chi connectivity index (χ0) is 17.8. The molecule has 0 amide bonds. The molecule has 0 radical (unpaired) electrons. The number of nitrogens with one attached hydrogen (secondary N) is 2. The Labute approximate surface area is 144 Å². The molecular formula is C20H19F3N2. The van der Waals surface area contributed by atoms with Crippen molar-refractivity contribution in [3.8, 4) is 0 Å². The van der Waals surface area contributed by atoms with Crippen LogP contribution >= 0.6 is 0 Å². The van der Waals surface area contributed by atoms with Crippen molar-refractivity contribution >= 4 is 10.9 Å². The number of hydrogen-bond donors (Lipinski definition) is 2. The summed E-state index contributed by atoms with van der Waals surface area (Å²) in [6.45, 7) is 4.88. The van der Waals surface area contributed by atoms with E-state index < -0.39 is 11.7 Å². The molecule has 130 valence electrons. The summed E-state index contributed by atoms with van der Waals surface area (Å²) in [4.78, 5) is 3.46. The van der Waals surface area contributed by atoms with E-state index in [1.807, 2.05) is 0 Å².